The van der Waals surface area contributed by atoms with E-state index in [1.54, 1.807) is 4.57 Å². The highest BCUT2D eigenvalue weighted by atomic mass is 32.2. The van der Waals surface area contributed by atoms with Crippen LogP contribution in [0.5, 0.6) is 0 Å². The van der Waals surface area contributed by atoms with Crippen molar-refractivity contribution in [3.8, 4) is 0 Å². The van der Waals surface area contributed by atoms with Gasteiger partial charge in [0.2, 0.25) is 5.95 Å². The number of aliphatic hydroxyl groups excluding tert-OH is 1. The topological polar surface area (TPSA) is 86.2 Å². The number of aliphatic hydroxyl groups is 1. The van der Waals surface area contributed by atoms with Crippen LogP contribution in [-0.2, 0) is 11.8 Å². The highest BCUT2D eigenvalue weighted by Gasteiger charge is 2.04. The minimum Gasteiger partial charge on any atom is -0.394 e. The predicted molar refractivity (Wildman–Crippen MR) is 54.0 cm³/mol. The Morgan fingerprint density at radius 3 is 2.86 bits per heavy atom. The Labute approximate surface area is 86.5 Å². The first-order chi connectivity index (χ1) is 6.75. The zero-order valence-corrected chi connectivity index (χ0v) is 8.83. The molecule has 0 radical (unpaired) electrons. The summed E-state index contributed by atoms with van der Waals surface area (Å²) in [5, 5.41) is 16.8. The summed E-state index contributed by atoms with van der Waals surface area (Å²) >= 11 is 1.52. The summed E-state index contributed by atoms with van der Waals surface area (Å²) in [6.45, 7) is 1.01. The molecule has 0 saturated heterocycles. The Morgan fingerprint density at radius 1 is 1.50 bits per heavy atom. The van der Waals surface area contributed by atoms with Gasteiger partial charge in [0, 0.05) is 12.8 Å². The third-order valence-electron chi connectivity index (χ3n) is 1.56. The number of anilines is 1. The molecule has 0 bridgehead atoms. The molecule has 80 valence electrons. The molecule has 0 fully saturated rings. The minimum atomic E-state index is 0.0571. The number of thioether (sulfide) groups is 1. The lowest BCUT2D eigenvalue weighted by molar-refractivity contribution is 0.103. The molecular formula is C7H14N4O2S. The van der Waals surface area contributed by atoms with Gasteiger partial charge in [-0.3, -0.25) is 4.57 Å². The molecular weight excluding hydrogens is 204 g/mol. The van der Waals surface area contributed by atoms with E-state index in [2.05, 4.69) is 10.2 Å². The van der Waals surface area contributed by atoms with E-state index < -0.39 is 0 Å². The van der Waals surface area contributed by atoms with Crippen LogP contribution in [0.15, 0.2) is 5.16 Å². The van der Waals surface area contributed by atoms with E-state index in [0.717, 1.165) is 10.9 Å². The van der Waals surface area contributed by atoms with Gasteiger partial charge >= 0.3 is 0 Å². The van der Waals surface area contributed by atoms with Crippen LogP contribution in [-0.4, -0.2) is 45.4 Å². The molecule has 0 spiro atoms. The summed E-state index contributed by atoms with van der Waals surface area (Å²) in [6, 6.07) is 0. The van der Waals surface area contributed by atoms with Crippen molar-refractivity contribution in [3.63, 3.8) is 0 Å². The smallest absolute Gasteiger partial charge is 0.222 e. The van der Waals surface area contributed by atoms with Crippen LogP contribution >= 0.6 is 11.8 Å². The van der Waals surface area contributed by atoms with Gasteiger partial charge in [-0.2, -0.15) is 0 Å². The number of hydrogen-bond donors (Lipinski definition) is 2. The van der Waals surface area contributed by atoms with Crippen LogP contribution in [0.2, 0.25) is 0 Å². The number of aromatic nitrogens is 3. The maximum Gasteiger partial charge on any atom is 0.222 e. The molecule has 0 aromatic carbocycles. The number of nitrogens with two attached hydrogens (primary N) is 1. The van der Waals surface area contributed by atoms with Crippen molar-refractivity contribution in [1.29, 1.82) is 0 Å². The molecule has 0 amide bonds. The van der Waals surface area contributed by atoms with E-state index in [1.807, 2.05) is 7.05 Å². The lowest BCUT2D eigenvalue weighted by Gasteiger charge is -2.01. The fourth-order valence-electron chi connectivity index (χ4n) is 0.810. The third-order valence-corrected chi connectivity index (χ3v) is 2.55. The van der Waals surface area contributed by atoms with Crippen molar-refractivity contribution in [2.45, 2.75) is 5.16 Å². The zero-order valence-electron chi connectivity index (χ0n) is 8.01. The van der Waals surface area contributed by atoms with Crippen molar-refractivity contribution in [2.24, 2.45) is 7.05 Å². The maximum atomic E-state index is 8.46. The van der Waals surface area contributed by atoms with Crippen LogP contribution < -0.4 is 5.73 Å². The molecule has 0 aliphatic carbocycles. The summed E-state index contributed by atoms with van der Waals surface area (Å²) in [6.07, 6.45) is 0. The average Bonchev–Trinajstić information content (AvgIpc) is 2.49. The molecule has 1 rings (SSSR count). The fourth-order valence-corrected chi connectivity index (χ4v) is 1.58. The third kappa shape index (κ3) is 3.17. The molecule has 0 atom stereocenters. The molecule has 0 aliphatic heterocycles. The lowest BCUT2D eigenvalue weighted by Crippen LogP contribution is -2.03. The van der Waals surface area contributed by atoms with Gasteiger partial charge in [-0.05, 0) is 0 Å². The van der Waals surface area contributed by atoms with Gasteiger partial charge in [-0.25, -0.2) is 0 Å². The molecule has 0 aliphatic rings. The average molecular weight is 218 g/mol. The van der Waals surface area contributed by atoms with E-state index in [9.17, 15) is 0 Å². The highest BCUT2D eigenvalue weighted by Crippen LogP contribution is 2.15. The van der Waals surface area contributed by atoms with Crippen LogP contribution in [0.1, 0.15) is 0 Å². The van der Waals surface area contributed by atoms with E-state index in [1.165, 1.54) is 11.8 Å². The van der Waals surface area contributed by atoms with Gasteiger partial charge in [0.25, 0.3) is 0 Å². The molecule has 0 saturated carbocycles. The van der Waals surface area contributed by atoms with Crippen LogP contribution in [0.3, 0.4) is 0 Å². The van der Waals surface area contributed by atoms with Crippen molar-refractivity contribution in [1.82, 2.24) is 14.8 Å². The van der Waals surface area contributed by atoms with Crippen molar-refractivity contribution in [3.05, 3.63) is 0 Å². The first-order valence-electron chi connectivity index (χ1n) is 4.22. The number of nitrogens with zero attached hydrogens (tertiary/aromatic N) is 3. The largest absolute Gasteiger partial charge is 0.394 e. The molecule has 6 nitrogen and oxygen atoms in total. The normalized spacial score (nSPS) is 10.7. The predicted octanol–water partition coefficient (Wildman–Crippen LogP) is -0.502. The van der Waals surface area contributed by atoms with Crippen molar-refractivity contribution >= 4 is 17.7 Å². The van der Waals surface area contributed by atoms with E-state index in [0.29, 0.717) is 19.2 Å². The van der Waals surface area contributed by atoms with E-state index in [-0.39, 0.29) is 6.61 Å². The summed E-state index contributed by atoms with van der Waals surface area (Å²) < 4.78 is 6.81. The Bertz CT molecular complexity index is 279. The molecule has 14 heavy (non-hydrogen) atoms. The maximum absolute atomic E-state index is 8.46. The Morgan fingerprint density at radius 2 is 2.29 bits per heavy atom. The molecule has 7 heteroatoms. The molecule has 3 N–H and O–H groups in total. The Kier molecular flexibility index (Phi) is 4.71. The fraction of sp³-hybridized carbons (Fsp3) is 0.714. The minimum absolute atomic E-state index is 0.0571. The van der Waals surface area contributed by atoms with E-state index in [4.69, 9.17) is 15.6 Å². The number of hydrogen-bond acceptors (Lipinski definition) is 6. The molecule has 1 heterocycles. The van der Waals surface area contributed by atoms with Gasteiger partial charge in [0.1, 0.15) is 0 Å². The summed E-state index contributed by atoms with van der Waals surface area (Å²) in [5.74, 6) is 1.18. The Hall–Kier alpha value is -0.790. The molecule has 1 aromatic heterocycles. The van der Waals surface area contributed by atoms with Gasteiger partial charge < -0.3 is 15.6 Å². The second kappa shape index (κ2) is 5.84. The van der Waals surface area contributed by atoms with Gasteiger partial charge in [0.15, 0.2) is 5.16 Å². The second-order valence-corrected chi connectivity index (χ2v) is 3.65. The van der Waals surface area contributed by atoms with Gasteiger partial charge in [-0.15, -0.1) is 10.2 Å². The summed E-state index contributed by atoms with van der Waals surface area (Å²) in [4.78, 5) is 0. The van der Waals surface area contributed by atoms with Crippen LogP contribution in [0.25, 0.3) is 0 Å². The standard InChI is InChI=1S/C7H14N4O2S/c1-11-6(8)9-10-7(11)14-5-4-13-3-2-12/h12H,2-5H2,1H3,(H2,8,9). The zero-order chi connectivity index (χ0) is 10.4. The quantitative estimate of drug-likeness (QED) is 0.494. The van der Waals surface area contributed by atoms with Gasteiger partial charge in [-0.1, -0.05) is 11.8 Å². The monoisotopic (exact) mass is 218 g/mol. The second-order valence-electron chi connectivity index (χ2n) is 2.58. The van der Waals surface area contributed by atoms with Gasteiger partial charge in [0.05, 0.1) is 19.8 Å². The Balaban J connectivity index is 2.21. The number of nitrogen functional groups attached to an aromatic ring is 1. The molecule has 0 unspecified atom stereocenters. The SMILES string of the molecule is Cn1c(N)nnc1SCCOCCO. The van der Waals surface area contributed by atoms with E-state index >= 15 is 0 Å². The van der Waals surface area contributed by atoms with Crippen molar-refractivity contribution < 1.29 is 9.84 Å². The summed E-state index contributed by atoms with van der Waals surface area (Å²) in [7, 11) is 1.81. The van der Waals surface area contributed by atoms with Crippen LogP contribution in [0.4, 0.5) is 5.95 Å². The highest BCUT2D eigenvalue weighted by molar-refractivity contribution is 7.99. The van der Waals surface area contributed by atoms with Crippen molar-refractivity contribution in [2.75, 3.05) is 31.3 Å². The first-order valence-corrected chi connectivity index (χ1v) is 5.20. The lowest BCUT2D eigenvalue weighted by atomic mass is 10.7. The van der Waals surface area contributed by atoms with Crippen LogP contribution in [0, 0.1) is 0 Å². The number of rotatable bonds is 6. The molecule has 1 aromatic rings. The number of ether oxygens (including phenoxy) is 1. The first kappa shape index (κ1) is 11.3. The summed E-state index contributed by atoms with van der Waals surface area (Å²) in [5.41, 5.74) is 5.50.